The zero-order chi connectivity index (χ0) is 9.68. The predicted octanol–water partition coefficient (Wildman–Crippen LogP) is 2.86. The molecular formula is C10H12ClORu-. The molecule has 0 saturated heterocycles. The van der Waals surface area contributed by atoms with Crippen LogP contribution in [-0.2, 0) is 15.7 Å². The van der Waals surface area contributed by atoms with Gasteiger partial charge in [-0.25, -0.2) is 0 Å². The van der Waals surface area contributed by atoms with Gasteiger partial charge in [-0.1, -0.05) is 0 Å². The van der Waals surface area contributed by atoms with E-state index in [9.17, 15) is 0 Å². The van der Waals surface area contributed by atoms with Gasteiger partial charge in [-0.15, -0.1) is 0 Å². The second-order valence-electron chi connectivity index (χ2n) is 2.88. The number of hydrogen-bond donors (Lipinski definition) is 0. The Balaban J connectivity index is 2.90. The van der Waals surface area contributed by atoms with Gasteiger partial charge in [0.05, 0.1) is 0 Å². The summed E-state index contributed by atoms with van der Waals surface area (Å²) in [6.45, 7) is 4.04. The van der Waals surface area contributed by atoms with E-state index in [4.69, 9.17) is 14.4 Å². The van der Waals surface area contributed by atoms with Crippen LogP contribution in [0, 0.1) is 0 Å². The third kappa shape index (κ3) is 3.58. The topological polar surface area (TPSA) is 9.23 Å². The van der Waals surface area contributed by atoms with E-state index in [0.29, 0.717) is 0 Å². The van der Waals surface area contributed by atoms with Gasteiger partial charge in [0.25, 0.3) is 0 Å². The Morgan fingerprint density at radius 1 is 1.38 bits per heavy atom. The van der Waals surface area contributed by atoms with Gasteiger partial charge in [0.1, 0.15) is 0 Å². The SMILES string of the molecule is CC(C)Oc1ccccc1[CH]=[Ru-][Cl]. The summed E-state index contributed by atoms with van der Waals surface area (Å²) in [6, 6.07) is 7.96. The normalized spacial score (nSPS) is 12.3. The number of ether oxygens (including phenoxy) is 1. The molecule has 1 nitrogen and oxygen atoms in total. The molecule has 74 valence electrons. The molecule has 13 heavy (non-hydrogen) atoms. The number of hydrogen-bond acceptors (Lipinski definition) is 1. The molecule has 1 aromatic carbocycles. The van der Waals surface area contributed by atoms with Crippen molar-refractivity contribution in [1.82, 2.24) is 0 Å². The van der Waals surface area contributed by atoms with Crippen LogP contribution in [0.2, 0.25) is 0 Å². The zero-order valence-electron chi connectivity index (χ0n) is 7.60. The van der Waals surface area contributed by atoms with Crippen molar-refractivity contribution in [1.29, 1.82) is 0 Å². The van der Waals surface area contributed by atoms with Gasteiger partial charge < -0.3 is 0 Å². The number of halogens is 1. The molecule has 1 aromatic rings. The molecule has 3 heteroatoms. The number of benzene rings is 1. The van der Waals surface area contributed by atoms with E-state index in [-0.39, 0.29) is 21.8 Å². The molecule has 0 aliphatic carbocycles. The summed E-state index contributed by atoms with van der Waals surface area (Å²) < 4.78 is 7.66. The van der Waals surface area contributed by atoms with Crippen molar-refractivity contribution < 1.29 is 20.4 Å². The fraction of sp³-hybridized carbons (Fsp3) is 0.300. The Bertz CT molecular complexity index is 297. The van der Waals surface area contributed by atoms with E-state index in [1.165, 1.54) is 0 Å². The molecule has 0 aliphatic heterocycles. The van der Waals surface area contributed by atoms with E-state index in [2.05, 4.69) is 0 Å². The molecule has 0 atom stereocenters. The number of rotatable bonds is 3. The maximum atomic E-state index is 5.72. The van der Waals surface area contributed by atoms with E-state index < -0.39 is 0 Å². The van der Waals surface area contributed by atoms with Crippen LogP contribution in [0.4, 0.5) is 0 Å². The Morgan fingerprint density at radius 2 is 2.08 bits per heavy atom. The average Bonchev–Trinajstić information content (AvgIpc) is 2.08. The first-order valence-corrected chi connectivity index (χ1v) is 7.29. The Kier molecular flexibility index (Phi) is 4.62. The van der Waals surface area contributed by atoms with E-state index >= 15 is 0 Å². The van der Waals surface area contributed by atoms with Crippen LogP contribution in [0.1, 0.15) is 19.4 Å². The van der Waals surface area contributed by atoms with Crippen molar-refractivity contribution in [2.45, 2.75) is 20.0 Å². The number of para-hydroxylation sites is 1. The molecule has 0 fully saturated rings. The zero-order valence-corrected chi connectivity index (χ0v) is 10.1. The standard InChI is InChI=1S/C10H12O.ClH.Ru/c1-8(2)11-10-7-5-4-6-9(10)3;;/h3-8H,1-2H3;1H;/p-1. The minimum absolute atomic E-state index is 0.191. The fourth-order valence-corrected chi connectivity index (χ4v) is 2.08. The summed E-state index contributed by atoms with van der Waals surface area (Å²) in [5.74, 6) is 0.924. The second-order valence-corrected chi connectivity index (χ2v) is 4.68. The first-order chi connectivity index (χ1) is 6.24. The maximum absolute atomic E-state index is 5.72. The molecule has 0 unspecified atom stereocenters. The summed E-state index contributed by atoms with van der Waals surface area (Å²) in [4.78, 5) is 0. The van der Waals surface area contributed by atoms with Crippen molar-refractivity contribution in [2.24, 2.45) is 0 Å². The third-order valence-corrected chi connectivity index (χ3v) is 2.62. The molecule has 0 radical (unpaired) electrons. The van der Waals surface area contributed by atoms with Crippen LogP contribution in [0.5, 0.6) is 5.75 Å². The first kappa shape index (κ1) is 10.9. The molecule has 0 N–H and O–H groups in total. The summed E-state index contributed by atoms with van der Waals surface area (Å²) >= 11 is -0.191. The molecule has 0 aliphatic rings. The van der Waals surface area contributed by atoms with E-state index in [1.807, 2.05) is 42.7 Å². The van der Waals surface area contributed by atoms with Crippen LogP contribution in [0.25, 0.3) is 0 Å². The molecule has 1 rings (SSSR count). The van der Waals surface area contributed by atoms with Gasteiger partial charge in [-0.05, 0) is 0 Å². The quantitative estimate of drug-likeness (QED) is 0.776. The molecular weight excluding hydrogens is 273 g/mol. The molecule has 0 heterocycles. The molecule has 0 bridgehead atoms. The average molecular weight is 285 g/mol. The van der Waals surface area contributed by atoms with Crippen molar-refractivity contribution >= 4 is 14.3 Å². The Morgan fingerprint density at radius 3 is 2.69 bits per heavy atom. The van der Waals surface area contributed by atoms with Crippen LogP contribution < -0.4 is 4.74 Å². The van der Waals surface area contributed by atoms with Crippen LogP contribution in [0.3, 0.4) is 0 Å². The van der Waals surface area contributed by atoms with Crippen LogP contribution in [0.15, 0.2) is 24.3 Å². The Hall–Kier alpha value is -0.197. The molecule has 0 aromatic heterocycles. The Labute approximate surface area is 90.2 Å². The summed E-state index contributed by atoms with van der Waals surface area (Å²) in [6.07, 6.45) is 0.209. The van der Waals surface area contributed by atoms with E-state index in [0.717, 1.165) is 11.3 Å². The van der Waals surface area contributed by atoms with Gasteiger partial charge >= 0.3 is 90.3 Å². The van der Waals surface area contributed by atoms with Crippen LogP contribution >= 0.6 is 9.69 Å². The van der Waals surface area contributed by atoms with Crippen LogP contribution in [-0.4, -0.2) is 10.7 Å². The van der Waals surface area contributed by atoms with Gasteiger partial charge in [0.2, 0.25) is 0 Å². The monoisotopic (exact) mass is 285 g/mol. The first-order valence-electron chi connectivity index (χ1n) is 4.05. The molecule has 0 saturated carbocycles. The minimum atomic E-state index is -0.191. The molecule has 0 spiro atoms. The van der Waals surface area contributed by atoms with Gasteiger partial charge in [0.15, 0.2) is 0 Å². The van der Waals surface area contributed by atoms with Gasteiger partial charge in [-0.2, -0.15) is 0 Å². The molecule has 0 amide bonds. The second kappa shape index (κ2) is 5.52. The summed E-state index contributed by atoms with van der Waals surface area (Å²) in [7, 11) is 5.72. The van der Waals surface area contributed by atoms with Crippen molar-refractivity contribution in [3.8, 4) is 5.75 Å². The fourth-order valence-electron chi connectivity index (χ4n) is 0.968. The van der Waals surface area contributed by atoms with E-state index in [1.54, 1.807) is 0 Å². The van der Waals surface area contributed by atoms with Crippen molar-refractivity contribution in [3.05, 3.63) is 29.8 Å². The van der Waals surface area contributed by atoms with Gasteiger partial charge in [0, 0.05) is 0 Å². The third-order valence-electron chi connectivity index (χ3n) is 1.43. The summed E-state index contributed by atoms with van der Waals surface area (Å²) in [5.41, 5.74) is 1.10. The van der Waals surface area contributed by atoms with Crippen molar-refractivity contribution in [3.63, 3.8) is 0 Å². The van der Waals surface area contributed by atoms with Crippen molar-refractivity contribution in [2.75, 3.05) is 0 Å². The van der Waals surface area contributed by atoms with Gasteiger partial charge in [-0.3, -0.25) is 0 Å². The predicted molar refractivity (Wildman–Crippen MR) is 53.2 cm³/mol. The summed E-state index contributed by atoms with van der Waals surface area (Å²) in [5, 5.41) is 0.